The molecule has 2 atom stereocenters. The van der Waals surface area contributed by atoms with Gasteiger partial charge in [0.2, 0.25) is 0 Å². The molecule has 120 valence electrons. The molecule has 0 bridgehead atoms. The molecule has 0 spiro atoms. The molecule has 2 unspecified atom stereocenters. The van der Waals surface area contributed by atoms with Crippen LogP contribution in [0.25, 0.3) is 0 Å². The lowest BCUT2D eigenvalue weighted by molar-refractivity contribution is -0.138. The minimum Gasteiger partial charge on any atom is -0.481 e. The van der Waals surface area contributed by atoms with Crippen molar-refractivity contribution in [3.8, 4) is 0 Å². The highest BCUT2D eigenvalue weighted by Crippen LogP contribution is 2.28. The van der Waals surface area contributed by atoms with E-state index in [2.05, 4.69) is 12.2 Å². The number of aliphatic carboxylic acids is 1. The van der Waals surface area contributed by atoms with E-state index in [0.717, 1.165) is 12.8 Å². The number of nitrogens with zero attached hydrogens (tertiary/aromatic N) is 1. The summed E-state index contributed by atoms with van der Waals surface area (Å²) in [5, 5.41) is 12.0. The molecule has 1 aliphatic carbocycles. The van der Waals surface area contributed by atoms with Crippen LogP contribution in [0.4, 0.5) is 4.79 Å². The molecule has 2 aliphatic rings. The molecule has 2 amide bonds. The van der Waals surface area contributed by atoms with E-state index in [1.807, 2.05) is 0 Å². The van der Waals surface area contributed by atoms with Gasteiger partial charge in [0.15, 0.2) is 0 Å². The van der Waals surface area contributed by atoms with Crippen molar-refractivity contribution in [1.82, 2.24) is 10.2 Å². The minimum atomic E-state index is -0.768. The lowest BCUT2D eigenvalue weighted by Crippen LogP contribution is -2.47. The second kappa shape index (κ2) is 7.66. The molecule has 0 aromatic rings. The molecule has 1 saturated heterocycles. The molecular weight excluding hydrogens is 268 g/mol. The standard InChI is InChI=1S/C16H28N2O3/c1-2-14(13-6-4-3-5-7-13)17-16(21)18-9-8-12(11-18)10-15(19)20/h12-14H,2-11H2,1H3,(H,17,21)(H,19,20). The van der Waals surface area contributed by atoms with Gasteiger partial charge in [-0.05, 0) is 37.5 Å². The first kappa shape index (κ1) is 16.1. The molecule has 2 fully saturated rings. The first-order valence-electron chi connectivity index (χ1n) is 8.37. The molecule has 1 heterocycles. The van der Waals surface area contributed by atoms with Gasteiger partial charge in [-0.15, -0.1) is 0 Å². The van der Waals surface area contributed by atoms with Crippen LogP contribution in [0.15, 0.2) is 0 Å². The van der Waals surface area contributed by atoms with Gasteiger partial charge < -0.3 is 15.3 Å². The highest BCUT2D eigenvalue weighted by atomic mass is 16.4. The van der Waals surface area contributed by atoms with E-state index in [1.54, 1.807) is 4.90 Å². The van der Waals surface area contributed by atoms with Gasteiger partial charge in [0.25, 0.3) is 0 Å². The van der Waals surface area contributed by atoms with Gasteiger partial charge in [0.1, 0.15) is 0 Å². The summed E-state index contributed by atoms with van der Waals surface area (Å²) in [6.07, 6.45) is 8.28. The highest BCUT2D eigenvalue weighted by molar-refractivity contribution is 5.75. The van der Waals surface area contributed by atoms with Crippen LogP contribution in [0, 0.1) is 11.8 Å². The predicted molar refractivity (Wildman–Crippen MR) is 81.1 cm³/mol. The lowest BCUT2D eigenvalue weighted by atomic mass is 9.83. The number of carbonyl (C=O) groups excluding carboxylic acids is 1. The summed E-state index contributed by atoms with van der Waals surface area (Å²) in [6, 6.07) is 0.275. The Hall–Kier alpha value is -1.26. The quantitative estimate of drug-likeness (QED) is 0.819. The van der Waals surface area contributed by atoms with Crippen molar-refractivity contribution in [2.75, 3.05) is 13.1 Å². The Morgan fingerprint density at radius 3 is 2.57 bits per heavy atom. The van der Waals surface area contributed by atoms with Crippen LogP contribution in [-0.4, -0.2) is 41.1 Å². The summed E-state index contributed by atoms with van der Waals surface area (Å²) < 4.78 is 0. The zero-order valence-electron chi connectivity index (χ0n) is 13.0. The van der Waals surface area contributed by atoms with Gasteiger partial charge in [-0.2, -0.15) is 0 Å². The molecule has 2 rings (SSSR count). The van der Waals surface area contributed by atoms with Crippen LogP contribution in [0.5, 0.6) is 0 Å². The van der Waals surface area contributed by atoms with Crippen molar-refractivity contribution < 1.29 is 14.7 Å². The fourth-order valence-electron chi connectivity index (χ4n) is 3.77. The van der Waals surface area contributed by atoms with Gasteiger partial charge in [-0.1, -0.05) is 26.2 Å². The maximum absolute atomic E-state index is 12.4. The third-order valence-corrected chi connectivity index (χ3v) is 5.00. The number of rotatable bonds is 5. The van der Waals surface area contributed by atoms with E-state index in [1.165, 1.54) is 32.1 Å². The van der Waals surface area contributed by atoms with Crippen molar-refractivity contribution >= 4 is 12.0 Å². The summed E-state index contributed by atoms with van der Waals surface area (Å²) in [4.78, 5) is 24.9. The molecule has 0 aromatic heterocycles. The maximum atomic E-state index is 12.4. The summed E-state index contributed by atoms with van der Waals surface area (Å²) >= 11 is 0. The van der Waals surface area contributed by atoms with Crippen LogP contribution >= 0.6 is 0 Å². The molecule has 0 radical (unpaired) electrons. The van der Waals surface area contributed by atoms with E-state index in [9.17, 15) is 9.59 Å². The zero-order chi connectivity index (χ0) is 15.2. The van der Waals surface area contributed by atoms with Crippen LogP contribution in [0.1, 0.15) is 58.3 Å². The Morgan fingerprint density at radius 1 is 1.24 bits per heavy atom. The number of carbonyl (C=O) groups is 2. The Morgan fingerprint density at radius 2 is 1.95 bits per heavy atom. The Bertz CT molecular complexity index is 367. The largest absolute Gasteiger partial charge is 0.481 e. The van der Waals surface area contributed by atoms with Gasteiger partial charge in [0, 0.05) is 25.6 Å². The van der Waals surface area contributed by atoms with Gasteiger partial charge in [-0.3, -0.25) is 4.79 Å². The van der Waals surface area contributed by atoms with E-state index in [4.69, 9.17) is 5.11 Å². The molecular formula is C16H28N2O3. The molecule has 5 heteroatoms. The lowest BCUT2D eigenvalue weighted by Gasteiger charge is -2.31. The van der Waals surface area contributed by atoms with Crippen molar-refractivity contribution in [3.63, 3.8) is 0 Å². The number of amides is 2. The van der Waals surface area contributed by atoms with Crippen LogP contribution in [0.2, 0.25) is 0 Å². The number of urea groups is 1. The number of carboxylic acid groups (broad SMARTS) is 1. The van der Waals surface area contributed by atoms with E-state index < -0.39 is 5.97 Å². The van der Waals surface area contributed by atoms with Crippen molar-refractivity contribution in [3.05, 3.63) is 0 Å². The molecule has 1 saturated carbocycles. The Kier molecular flexibility index (Phi) is 5.88. The Balaban J connectivity index is 1.81. The number of likely N-dealkylation sites (tertiary alicyclic amines) is 1. The second-order valence-corrected chi connectivity index (χ2v) is 6.56. The Labute approximate surface area is 127 Å². The smallest absolute Gasteiger partial charge is 0.317 e. The van der Waals surface area contributed by atoms with E-state index >= 15 is 0 Å². The van der Waals surface area contributed by atoms with Crippen LogP contribution < -0.4 is 5.32 Å². The number of hydrogen-bond donors (Lipinski definition) is 2. The average molecular weight is 296 g/mol. The van der Waals surface area contributed by atoms with Crippen LogP contribution in [-0.2, 0) is 4.79 Å². The maximum Gasteiger partial charge on any atom is 0.317 e. The highest BCUT2D eigenvalue weighted by Gasteiger charge is 2.30. The number of nitrogens with one attached hydrogen (secondary N) is 1. The number of hydrogen-bond acceptors (Lipinski definition) is 2. The van der Waals surface area contributed by atoms with Crippen LogP contribution in [0.3, 0.4) is 0 Å². The van der Waals surface area contributed by atoms with E-state index in [-0.39, 0.29) is 24.4 Å². The molecule has 0 aromatic carbocycles. The molecule has 2 N–H and O–H groups in total. The first-order chi connectivity index (χ1) is 10.1. The summed E-state index contributed by atoms with van der Waals surface area (Å²) in [6.45, 7) is 3.40. The van der Waals surface area contributed by atoms with Gasteiger partial charge in [0.05, 0.1) is 0 Å². The minimum absolute atomic E-state index is 0.000289. The van der Waals surface area contributed by atoms with Crippen molar-refractivity contribution in [2.45, 2.75) is 64.3 Å². The number of carboxylic acids is 1. The first-order valence-corrected chi connectivity index (χ1v) is 8.37. The molecule has 1 aliphatic heterocycles. The SMILES string of the molecule is CCC(NC(=O)N1CCC(CC(=O)O)C1)C1CCCCC1. The predicted octanol–water partition coefficient (Wildman–Crippen LogP) is 2.85. The zero-order valence-corrected chi connectivity index (χ0v) is 13.0. The topological polar surface area (TPSA) is 69.6 Å². The molecule has 21 heavy (non-hydrogen) atoms. The second-order valence-electron chi connectivity index (χ2n) is 6.56. The van der Waals surface area contributed by atoms with E-state index in [0.29, 0.717) is 19.0 Å². The monoisotopic (exact) mass is 296 g/mol. The van der Waals surface area contributed by atoms with Crippen molar-refractivity contribution in [1.29, 1.82) is 0 Å². The normalized spacial score (nSPS) is 24.8. The third kappa shape index (κ3) is 4.61. The summed E-state index contributed by atoms with van der Waals surface area (Å²) in [7, 11) is 0. The fourth-order valence-corrected chi connectivity index (χ4v) is 3.77. The molecule has 5 nitrogen and oxygen atoms in total. The summed E-state index contributed by atoms with van der Waals surface area (Å²) in [5.74, 6) is -0.0379. The van der Waals surface area contributed by atoms with Gasteiger partial charge >= 0.3 is 12.0 Å². The van der Waals surface area contributed by atoms with Gasteiger partial charge in [-0.25, -0.2) is 4.79 Å². The summed E-state index contributed by atoms with van der Waals surface area (Å²) in [5.41, 5.74) is 0. The fraction of sp³-hybridized carbons (Fsp3) is 0.875. The average Bonchev–Trinajstić information content (AvgIpc) is 2.93. The third-order valence-electron chi connectivity index (χ3n) is 5.00. The van der Waals surface area contributed by atoms with Crippen molar-refractivity contribution in [2.24, 2.45) is 11.8 Å².